The maximum atomic E-state index is 5.38. The van der Waals surface area contributed by atoms with E-state index in [-0.39, 0.29) is 0 Å². The van der Waals surface area contributed by atoms with Crippen molar-refractivity contribution < 1.29 is 9.47 Å². The molecule has 0 saturated heterocycles. The Morgan fingerprint density at radius 1 is 1.25 bits per heavy atom. The molecule has 2 heterocycles. The van der Waals surface area contributed by atoms with E-state index in [1.54, 1.807) is 0 Å². The molecule has 0 saturated carbocycles. The van der Waals surface area contributed by atoms with Crippen LogP contribution in [-0.4, -0.2) is 16.3 Å². The van der Waals surface area contributed by atoms with E-state index in [9.17, 15) is 0 Å². The van der Waals surface area contributed by atoms with Gasteiger partial charge in [0.1, 0.15) is 5.82 Å². The van der Waals surface area contributed by atoms with E-state index in [0.717, 1.165) is 43.4 Å². The minimum Gasteiger partial charge on any atom is -0.454 e. The van der Waals surface area contributed by atoms with Crippen molar-refractivity contribution in [2.45, 2.75) is 33.0 Å². The van der Waals surface area contributed by atoms with Crippen molar-refractivity contribution in [3.63, 3.8) is 0 Å². The summed E-state index contributed by atoms with van der Waals surface area (Å²) in [5, 5.41) is 3.41. The van der Waals surface area contributed by atoms with Crippen molar-refractivity contribution in [2.75, 3.05) is 6.79 Å². The van der Waals surface area contributed by atoms with Crippen molar-refractivity contribution in [1.82, 2.24) is 14.9 Å². The summed E-state index contributed by atoms with van der Waals surface area (Å²) in [6, 6.07) is 6.03. The molecule has 1 N–H and O–H groups in total. The minimum atomic E-state index is 0.320. The number of rotatable bonds is 6. The molecule has 1 aliphatic heterocycles. The lowest BCUT2D eigenvalue weighted by atomic mass is 10.2. The van der Waals surface area contributed by atoms with Gasteiger partial charge in [-0.1, -0.05) is 13.0 Å². The van der Waals surface area contributed by atoms with Gasteiger partial charge in [-0.15, -0.1) is 0 Å². The van der Waals surface area contributed by atoms with Crippen molar-refractivity contribution >= 4 is 0 Å². The zero-order valence-corrected chi connectivity index (χ0v) is 11.6. The molecule has 1 aromatic carbocycles. The highest BCUT2D eigenvalue weighted by Gasteiger charge is 2.12. The molecule has 0 unspecified atom stereocenters. The van der Waals surface area contributed by atoms with E-state index in [1.165, 1.54) is 5.56 Å². The van der Waals surface area contributed by atoms with Gasteiger partial charge in [-0.3, -0.25) is 0 Å². The fourth-order valence-electron chi connectivity index (χ4n) is 2.32. The van der Waals surface area contributed by atoms with Crippen LogP contribution in [0.5, 0.6) is 11.5 Å². The fourth-order valence-corrected chi connectivity index (χ4v) is 2.32. The van der Waals surface area contributed by atoms with Gasteiger partial charge < -0.3 is 19.4 Å². The number of aryl methyl sites for hydroxylation is 1. The van der Waals surface area contributed by atoms with Gasteiger partial charge in [0.2, 0.25) is 6.79 Å². The third-order valence-electron chi connectivity index (χ3n) is 3.32. The van der Waals surface area contributed by atoms with Gasteiger partial charge in [-0.2, -0.15) is 0 Å². The first-order valence-electron chi connectivity index (χ1n) is 6.96. The van der Waals surface area contributed by atoms with E-state index < -0.39 is 0 Å². The number of fused-ring (bicyclic) bond motifs is 1. The van der Waals surface area contributed by atoms with Crippen LogP contribution in [0, 0.1) is 0 Å². The predicted molar refractivity (Wildman–Crippen MR) is 75.6 cm³/mol. The topological polar surface area (TPSA) is 48.3 Å². The number of nitrogens with zero attached hydrogens (tertiary/aromatic N) is 2. The molecule has 0 fully saturated rings. The summed E-state index contributed by atoms with van der Waals surface area (Å²) in [5.41, 5.74) is 1.18. The predicted octanol–water partition coefficient (Wildman–Crippen LogP) is 2.31. The van der Waals surface area contributed by atoms with Crippen LogP contribution in [0.2, 0.25) is 0 Å². The molecular weight excluding hydrogens is 254 g/mol. The van der Waals surface area contributed by atoms with Gasteiger partial charge in [0.05, 0.1) is 6.54 Å². The van der Waals surface area contributed by atoms with E-state index in [4.69, 9.17) is 9.47 Å². The molecule has 0 aliphatic carbocycles. The third kappa shape index (κ3) is 2.77. The van der Waals surface area contributed by atoms with E-state index in [1.807, 2.05) is 24.5 Å². The molecule has 106 valence electrons. The summed E-state index contributed by atoms with van der Waals surface area (Å²) < 4.78 is 12.9. The Morgan fingerprint density at radius 3 is 3.05 bits per heavy atom. The van der Waals surface area contributed by atoms with Crippen LogP contribution in [0.15, 0.2) is 30.6 Å². The Bertz CT molecular complexity index is 580. The van der Waals surface area contributed by atoms with E-state index in [0.29, 0.717) is 6.79 Å². The van der Waals surface area contributed by atoms with Gasteiger partial charge in [0.25, 0.3) is 0 Å². The molecule has 0 radical (unpaired) electrons. The molecular formula is C15H19N3O2. The largest absolute Gasteiger partial charge is 0.454 e. The fraction of sp³-hybridized carbons (Fsp3) is 0.400. The first-order chi connectivity index (χ1) is 9.86. The molecule has 2 aromatic rings. The minimum absolute atomic E-state index is 0.320. The smallest absolute Gasteiger partial charge is 0.231 e. The molecule has 0 amide bonds. The second-order valence-corrected chi connectivity index (χ2v) is 4.83. The van der Waals surface area contributed by atoms with Crippen molar-refractivity contribution in [3.8, 4) is 11.5 Å². The lowest BCUT2D eigenvalue weighted by Gasteiger charge is -2.08. The van der Waals surface area contributed by atoms with E-state index in [2.05, 4.69) is 27.9 Å². The Labute approximate surface area is 118 Å². The van der Waals surface area contributed by atoms with Crippen LogP contribution < -0.4 is 14.8 Å². The zero-order valence-electron chi connectivity index (χ0n) is 11.6. The summed E-state index contributed by atoms with van der Waals surface area (Å²) in [4.78, 5) is 4.38. The van der Waals surface area contributed by atoms with Gasteiger partial charge in [-0.25, -0.2) is 4.98 Å². The van der Waals surface area contributed by atoms with Gasteiger partial charge >= 0.3 is 0 Å². The third-order valence-corrected chi connectivity index (χ3v) is 3.32. The second-order valence-electron chi connectivity index (χ2n) is 4.83. The quantitative estimate of drug-likeness (QED) is 0.877. The Balaban J connectivity index is 1.56. The molecule has 1 aliphatic rings. The second kappa shape index (κ2) is 5.96. The molecule has 5 heteroatoms. The highest BCUT2D eigenvalue weighted by atomic mass is 16.7. The average molecular weight is 273 g/mol. The molecule has 0 bridgehead atoms. The monoisotopic (exact) mass is 273 g/mol. The molecule has 0 atom stereocenters. The number of hydrogen-bond acceptors (Lipinski definition) is 4. The Morgan fingerprint density at radius 2 is 2.15 bits per heavy atom. The summed E-state index contributed by atoms with van der Waals surface area (Å²) in [6.07, 6.45) is 5.00. The van der Waals surface area contributed by atoms with Crippen LogP contribution >= 0.6 is 0 Å². The SMILES string of the molecule is CCCn1ccnc1CNCc1ccc2c(c1)OCO2. The van der Waals surface area contributed by atoms with Crippen molar-refractivity contribution in [2.24, 2.45) is 0 Å². The average Bonchev–Trinajstić information content (AvgIpc) is 3.08. The standard InChI is InChI=1S/C15H19N3O2/c1-2-6-18-7-5-17-15(18)10-16-9-12-3-4-13-14(8-12)20-11-19-13/h3-5,7-8,16H,2,6,9-11H2,1H3. The number of nitrogens with one attached hydrogen (secondary N) is 1. The first kappa shape index (κ1) is 13.0. The normalized spacial score (nSPS) is 12.8. The molecule has 3 rings (SSSR count). The highest BCUT2D eigenvalue weighted by molar-refractivity contribution is 5.44. The summed E-state index contributed by atoms with van der Waals surface area (Å²) in [7, 11) is 0. The summed E-state index contributed by atoms with van der Waals surface area (Å²) in [6.45, 7) is 5.06. The number of imidazole rings is 1. The number of benzene rings is 1. The van der Waals surface area contributed by atoms with Crippen molar-refractivity contribution in [1.29, 1.82) is 0 Å². The molecule has 1 aromatic heterocycles. The first-order valence-corrected chi connectivity index (χ1v) is 6.96. The van der Waals surface area contributed by atoms with Crippen LogP contribution in [0.3, 0.4) is 0 Å². The van der Waals surface area contributed by atoms with Gasteiger partial charge in [0.15, 0.2) is 11.5 Å². The molecule has 5 nitrogen and oxygen atoms in total. The van der Waals surface area contributed by atoms with Crippen LogP contribution in [0.25, 0.3) is 0 Å². The van der Waals surface area contributed by atoms with Gasteiger partial charge in [-0.05, 0) is 24.1 Å². The number of aromatic nitrogens is 2. The lowest BCUT2D eigenvalue weighted by Crippen LogP contribution is -2.16. The maximum Gasteiger partial charge on any atom is 0.231 e. The van der Waals surface area contributed by atoms with Crippen LogP contribution in [0.4, 0.5) is 0 Å². The zero-order chi connectivity index (χ0) is 13.8. The number of ether oxygens (including phenoxy) is 2. The Kier molecular flexibility index (Phi) is 3.87. The van der Waals surface area contributed by atoms with E-state index >= 15 is 0 Å². The Hall–Kier alpha value is -2.01. The van der Waals surface area contributed by atoms with Crippen LogP contribution in [-0.2, 0) is 19.6 Å². The lowest BCUT2D eigenvalue weighted by molar-refractivity contribution is 0.174. The summed E-state index contributed by atoms with van der Waals surface area (Å²) >= 11 is 0. The molecule has 20 heavy (non-hydrogen) atoms. The van der Waals surface area contributed by atoms with Gasteiger partial charge in [0, 0.05) is 25.5 Å². The maximum absolute atomic E-state index is 5.38. The van der Waals surface area contributed by atoms with Crippen molar-refractivity contribution in [3.05, 3.63) is 42.0 Å². The number of hydrogen-bond donors (Lipinski definition) is 1. The highest BCUT2D eigenvalue weighted by Crippen LogP contribution is 2.32. The van der Waals surface area contributed by atoms with Crippen LogP contribution in [0.1, 0.15) is 24.7 Å². The molecule has 0 spiro atoms. The summed E-state index contributed by atoms with van der Waals surface area (Å²) in [5.74, 6) is 2.73.